The van der Waals surface area contributed by atoms with Crippen LogP contribution in [0.15, 0.2) is 17.2 Å². The molecule has 1 unspecified atom stereocenters. The van der Waals surface area contributed by atoms with Gasteiger partial charge in [-0.25, -0.2) is 4.98 Å². The van der Waals surface area contributed by atoms with Crippen molar-refractivity contribution >= 4 is 24.0 Å². The van der Waals surface area contributed by atoms with Gasteiger partial charge in [0.25, 0.3) is 5.91 Å². The van der Waals surface area contributed by atoms with Crippen LogP contribution in [0.25, 0.3) is 0 Å². The van der Waals surface area contributed by atoms with Crippen molar-refractivity contribution in [1.29, 1.82) is 5.41 Å². The number of carbonyl (C=O) groups is 1. The van der Waals surface area contributed by atoms with Gasteiger partial charge in [-0.15, -0.1) is 0 Å². The second-order valence-corrected chi connectivity index (χ2v) is 5.41. The number of aliphatic hydroxyl groups is 1. The maximum atomic E-state index is 12.7. The fraction of sp³-hybridized carbons (Fsp3) is 0.467. The number of aryl methyl sites for hydroxylation is 1. The number of nitrogens with zero attached hydrogens (tertiary/aromatic N) is 3. The van der Waals surface area contributed by atoms with Gasteiger partial charge in [-0.1, -0.05) is 0 Å². The number of aliphatic hydroxyl groups excluding tert-OH is 1. The topological polar surface area (TPSA) is 102 Å². The molecule has 0 aliphatic heterocycles. The Hall–Kier alpha value is -2.28. The van der Waals surface area contributed by atoms with Crippen LogP contribution in [-0.2, 0) is 0 Å². The number of hydrogen-bond acceptors (Lipinski definition) is 6. The predicted molar refractivity (Wildman–Crippen MR) is 85.6 cm³/mol. The Kier molecular flexibility index (Phi) is 5.21. The standard InChI is InChI=1S/C15H21N5O2/c1-10-3-6-12(19-17-8-7-16)14(18-10)15(22)20(2)13(9-21)11-4-5-11/h3,6-8,11,13,16,19,21H,4-5,9H2,1-2H3/b16-7?,17-8-. The molecule has 1 fully saturated rings. The summed E-state index contributed by atoms with van der Waals surface area (Å²) in [6.07, 6.45) is 4.40. The van der Waals surface area contributed by atoms with E-state index in [0.29, 0.717) is 11.6 Å². The number of hydrogen-bond donors (Lipinski definition) is 3. The summed E-state index contributed by atoms with van der Waals surface area (Å²) in [5.41, 5.74) is 4.20. The van der Waals surface area contributed by atoms with E-state index in [1.54, 1.807) is 24.1 Å². The molecule has 1 amide bonds. The van der Waals surface area contributed by atoms with Crippen LogP contribution in [0.5, 0.6) is 0 Å². The highest BCUT2D eigenvalue weighted by Gasteiger charge is 2.36. The molecule has 1 saturated carbocycles. The Bertz CT molecular complexity index is 583. The van der Waals surface area contributed by atoms with Crippen LogP contribution in [0.3, 0.4) is 0 Å². The molecule has 7 heteroatoms. The minimum absolute atomic E-state index is 0.0482. The minimum Gasteiger partial charge on any atom is -0.394 e. The van der Waals surface area contributed by atoms with Crippen LogP contribution >= 0.6 is 0 Å². The Morgan fingerprint density at radius 2 is 2.36 bits per heavy atom. The molecule has 2 rings (SSSR count). The summed E-state index contributed by atoms with van der Waals surface area (Å²) in [6, 6.07) is 3.34. The molecule has 1 aromatic rings. The van der Waals surface area contributed by atoms with Gasteiger partial charge in [-0.2, -0.15) is 5.10 Å². The molecule has 0 bridgehead atoms. The zero-order valence-corrected chi connectivity index (χ0v) is 12.8. The van der Waals surface area contributed by atoms with Gasteiger partial charge in [-0.3, -0.25) is 10.2 Å². The molecule has 0 radical (unpaired) electrons. The molecule has 7 nitrogen and oxygen atoms in total. The van der Waals surface area contributed by atoms with Crippen molar-refractivity contribution in [3.63, 3.8) is 0 Å². The van der Waals surface area contributed by atoms with E-state index in [4.69, 9.17) is 5.41 Å². The molecule has 118 valence electrons. The first-order valence-electron chi connectivity index (χ1n) is 7.22. The van der Waals surface area contributed by atoms with Gasteiger partial charge in [0.05, 0.1) is 24.6 Å². The molecule has 1 aromatic heterocycles. The lowest BCUT2D eigenvalue weighted by Gasteiger charge is -2.27. The number of aromatic nitrogens is 1. The van der Waals surface area contributed by atoms with Crippen molar-refractivity contribution in [3.8, 4) is 0 Å². The summed E-state index contributed by atoms with van der Waals surface area (Å²) >= 11 is 0. The number of carbonyl (C=O) groups excluding carboxylic acids is 1. The lowest BCUT2D eigenvalue weighted by atomic mass is 10.1. The van der Waals surface area contributed by atoms with E-state index >= 15 is 0 Å². The normalized spacial score (nSPS) is 15.6. The SMILES string of the molecule is Cc1ccc(N/N=C\C=N)c(C(=O)N(C)C(CO)C2CC2)n1. The first kappa shape index (κ1) is 16.1. The second-order valence-electron chi connectivity index (χ2n) is 5.41. The molecule has 22 heavy (non-hydrogen) atoms. The molecule has 1 aliphatic rings. The quantitative estimate of drug-likeness (QED) is 0.521. The van der Waals surface area contributed by atoms with Crippen LogP contribution in [0, 0.1) is 18.3 Å². The number of amides is 1. The summed E-state index contributed by atoms with van der Waals surface area (Å²) in [5, 5.41) is 20.3. The van der Waals surface area contributed by atoms with E-state index in [-0.39, 0.29) is 24.2 Å². The number of anilines is 1. The van der Waals surface area contributed by atoms with Gasteiger partial charge in [0.2, 0.25) is 0 Å². The summed E-state index contributed by atoms with van der Waals surface area (Å²) < 4.78 is 0. The number of rotatable bonds is 7. The minimum atomic E-state index is -0.248. The summed E-state index contributed by atoms with van der Waals surface area (Å²) in [5.74, 6) is 0.123. The smallest absolute Gasteiger partial charge is 0.274 e. The van der Waals surface area contributed by atoms with E-state index in [2.05, 4.69) is 15.5 Å². The highest BCUT2D eigenvalue weighted by atomic mass is 16.3. The summed E-state index contributed by atoms with van der Waals surface area (Å²) in [6.45, 7) is 1.76. The van der Waals surface area contributed by atoms with Gasteiger partial charge in [0, 0.05) is 19.0 Å². The van der Waals surface area contributed by atoms with Crippen molar-refractivity contribution in [2.45, 2.75) is 25.8 Å². The third-order valence-electron chi connectivity index (χ3n) is 3.74. The number of nitrogens with one attached hydrogen (secondary N) is 2. The van der Waals surface area contributed by atoms with E-state index in [1.165, 1.54) is 6.21 Å². The fourth-order valence-corrected chi connectivity index (χ4v) is 2.34. The monoisotopic (exact) mass is 303 g/mol. The maximum Gasteiger partial charge on any atom is 0.274 e. The van der Waals surface area contributed by atoms with Gasteiger partial charge < -0.3 is 15.4 Å². The highest BCUT2D eigenvalue weighted by Crippen LogP contribution is 2.35. The fourth-order valence-electron chi connectivity index (χ4n) is 2.34. The first-order valence-corrected chi connectivity index (χ1v) is 7.22. The van der Waals surface area contributed by atoms with Crippen LogP contribution in [0.2, 0.25) is 0 Å². The lowest BCUT2D eigenvalue weighted by Crippen LogP contribution is -2.41. The van der Waals surface area contributed by atoms with Crippen LogP contribution < -0.4 is 5.43 Å². The van der Waals surface area contributed by atoms with Crippen molar-refractivity contribution in [2.75, 3.05) is 19.1 Å². The van der Waals surface area contributed by atoms with E-state index in [0.717, 1.165) is 24.8 Å². The average molecular weight is 303 g/mol. The zero-order valence-electron chi connectivity index (χ0n) is 12.8. The summed E-state index contributed by atoms with van der Waals surface area (Å²) in [7, 11) is 1.69. The molecular weight excluding hydrogens is 282 g/mol. The molecule has 3 N–H and O–H groups in total. The average Bonchev–Trinajstić information content (AvgIpc) is 3.33. The largest absolute Gasteiger partial charge is 0.394 e. The van der Waals surface area contributed by atoms with Crippen LogP contribution in [-0.4, -0.2) is 53.0 Å². The van der Waals surface area contributed by atoms with Crippen molar-refractivity contribution in [3.05, 3.63) is 23.5 Å². The third-order valence-corrected chi connectivity index (χ3v) is 3.74. The van der Waals surface area contributed by atoms with Crippen molar-refractivity contribution < 1.29 is 9.90 Å². The number of hydrazone groups is 1. The van der Waals surface area contributed by atoms with E-state index < -0.39 is 0 Å². The van der Waals surface area contributed by atoms with Gasteiger partial charge in [0.1, 0.15) is 0 Å². The van der Waals surface area contributed by atoms with Crippen LogP contribution in [0.1, 0.15) is 29.0 Å². The maximum absolute atomic E-state index is 12.7. The zero-order chi connectivity index (χ0) is 16.1. The van der Waals surface area contributed by atoms with Gasteiger partial charge in [0.15, 0.2) is 5.69 Å². The number of pyridine rings is 1. The van der Waals surface area contributed by atoms with Crippen LogP contribution in [0.4, 0.5) is 5.69 Å². The lowest BCUT2D eigenvalue weighted by molar-refractivity contribution is 0.0623. The van der Waals surface area contributed by atoms with E-state index in [9.17, 15) is 9.90 Å². The first-order chi connectivity index (χ1) is 10.6. The number of likely N-dealkylation sites (N-methyl/N-ethyl adjacent to an activating group) is 1. The van der Waals surface area contributed by atoms with Crippen molar-refractivity contribution in [1.82, 2.24) is 9.88 Å². The predicted octanol–water partition coefficient (Wildman–Crippen LogP) is 1.28. The molecule has 0 aromatic carbocycles. The highest BCUT2D eigenvalue weighted by molar-refractivity contribution is 6.14. The van der Waals surface area contributed by atoms with Gasteiger partial charge >= 0.3 is 0 Å². The molecule has 1 aliphatic carbocycles. The van der Waals surface area contributed by atoms with Crippen molar-refractivity contribution in [2.24, 2.45) is 11.0 Å². The third kappa shape index (κ3) is 3.67. The second kappa shape index (κ2) is 7.13. The molecule has 0 saturated heterocycles. The molecular formula is C15H21N5O2. The molecule has 1 heterocycles. The van der Waals surface area contributed by atoms with Gasteiger partial charge in [-0.05, 0) is 37.8 Å². The Morgan fingerprint density at radius 3 is 2.95 bits per heavy atom. The summed E-state index contributed by atoms with van der Waals surface area (Å²) in [4.78, 5) is 18.6. The molecule has 0 spiro atoms. The Balaban J connectivity index is 2.24. The van der Waals surface area contributed by atoms with E-state index in [1.807, 2.05) is 6.92 Å². The Labute approximate surface area is 129 Å². The Morgan fingerprint density at radius 1 is 1.64 bits per heavy atom. The molecule has 1 atom stereocenters.